The van der Waals surface area contributed by atoms with Crippen molar-refractivity contribution < 1.29 is 9.59 Å². The maximum Gasteiger partial charge on any atom is 0.321 e. The summed E-state index contributed by atoms with van der Waals surface area (Å²) in [4.78, 5) is 27.7. The van der Waals surface area contributed by atoms with E-state index in [1.54, 1.807) is 11.8 Å². The Bertz CT molecular complexity index is 873. The van der Waals surface area contributed by atoms with Crippen LogP contribution >= 0.6 is 11.8 Å². The lowest BCUT2D eigenvalue weighted by Gasteiger charge is -2.31. The molecular formula is C20H25N5O2S. The molecule has 0 unspecified atom stereocenters. The van der Waals surface area contributed by atoms with Gasteiger partial charge in [-0.15, -0.1) is 11.8 Å². The predicted octanol–water partition coefficient (Wildman–Crippen LogP) is 3.15. The monoisotopic (exact) mass is 399 g/mol. The Labute approximate surface area is 168 Å². The second kappa shape index (κ2) is 8.26. The third-order valence-electron chi connectivity index (χ3n) is 5.39. The van der Waals surface area contributed by atoms with Crippen molar-refractivity contribution in [3.8, 4) is 0 Å². The zero-order valence-electron chi connectivity index (χ0n) is 16.0. The van der Waals surface area contributed by atoms with Gasteiger partial charge in [-0.1, -0.05) is 6.07 Å². The standard InChI is InChI=1S/C20H25N5O2S/c1-28-16-5-2-4-15(12-16)22-20(27)24-10-6-14(7-11-24)17-13-18-19(26)21-8-3-9-25(18)23-17/h2,4-5,12-14H,3,6-11H2,1H3,(H,21,26)(H,22,27). The van der Waals surface area contributed by atoms with Gasteiger partial charge in [-0.3, -0.25) is 9.48 Å². The maximum atomic E-state index is 12.6. The summed E-state index contributed by atoms with van der Waals surface area (Å²) in [6.45, 7) is 2.84. The minimum atomic E-state index is -0.0586. The number of fused-ring (bicyclic) bond motifs is 1. The summed E-state index contributed by atoms with van der Waals surface area (Å²) in [5, 5.41) is 10.6. The van der Waals surface area contributed by atoms with Crippen LogP contribution in [0.25, 0.3) is 0 Å². The Balaban J connectivity index is 1.36. The Morgan fingerprint density at radius 1 is 1.25 bits per heavy atom. The van der Waals surface area contributed by atoms with Crippen LogP contribution in [-0.4, -0.2) is 52.5 Å². The molecule has 7 nitrogen and oxygen atoms in total. The number of thioether (sulfide) groups is 1. The van der Waals surface area contributed by atoms with E-state index in [0.717, 1.165) is 42.1 Å². The average molecular weight is 400 g/mol. The van der Waals surface area contributed by atoms with Crippen LogP contribution < -0.4 is 10.6 Å². The molecule has 2 aliphatic heterocycles. The van der Waals surface area contributed by atoms with Gasteiger partial charge < -0.3 is 15.5 Å². The number of carbonyl (C=O) groups is 2. The molecule has 1 saturated heterocycles. The molecule has 0 atom stereocenters. The predicted molar refractivity (Wildman–Crippen MR) is 110 cm³/mol. The number of likely N-dealkylation sites (tertiary alicyclic amines) is 1. The average Bonchev–Trinajstić information content (AvgIpc) is 3.08. The van der Waals surface area contributed by atoms with Crippen molar-refractivity contribution >= 4 is 29.4 Å². The summed E-state index contributed by atoms with van der Waals surface area (Å²) in [6.07, 6.45) is 4.63. The van der Waals surface area contributed by atoms with Crippen LogP contribution in [0.2, 0.25) is 0 Å². The third-order valence-corrected chi connectivity index (χ3v) is 6.11. The lowest BCUT2D eigenvalue weighted by Crippen LogP contribution is -2.40. The van der Waals surface area contributed by atoms with Gasteiger partial charge in [-0.25, -0.2) is 4.79 Å². The van der Waals surface area contributed by atoms with Gasteiger partial charge in [0.05, 0.1) is 5.69 Å². The molecule has 3 heterocycles. The summed E-state index contributed by atoms with van der Waals surface area (Å²) in [5.74, 6) is 0.247. The van der Waals surface area contributed by atoms with Gasteiger partial charge in [0, 0.05) is 42.7 Å². The van der Waals surface area contributed by atoms with Gasteiger partial charge in [-0.05, 0) is 49.8 Å². The number of rotatable bonds is 3. The molecule has 2 N–H and O–H groups in total. The highest BCUT2D eigenvalue weighted by Crippen LogP contribution is 2.28. The smallest absolute Gasteiger partial charge is 0.321 e. The molecular weight excluding hydrogens is 374 g/mol. The van der Waals surface area contributed by atoms with E-state index in [2.05, 4.69) is 15.7 Å². The van der Waals surface area contributed by atoms with E-state index in [9.17, 15) is 9.59 Å². The molecule has 0 saturated carbocycles. The third kappa shape index (κ3) is 4.01. The van der Waals surface area contributed by atoms with Gasteiger partial charge in [0.15, 0.2) is 0 Å². The van der Waals surface area contributed by atoms with Crippen LogP contribution in [0, 0.1) is 0 Å². The van der Waals surface area contributed by atoms with Crippen molar-refractivity contribution in [3.05, 3.63) is 41.7 Å². The summed E-state index contributed by atoms with van der Waals surface area (Å²) < 4.78 is 1.83. The first-order valence-electron chi connectivity index (χ1n) is 9.70. The Hall–Kier alpha value is -2.48. The normalized spacial score (nSPS) is 17.6. The van der Waals surface area contributed by atoms with Crippen molar-refractivity contribution in [3.63, 3.8) is 0 Å². The number of benzene rings is 1. The van der Waals surface area contributed by atoms with Crippen LogP contribution in [0.1, 0.15) is 41.4 Å². The summed E-state index contributed by atoms with van der Waals surface area (Å²) >= 11 is 1.65. The number of nitrogens with zero attached hydrogens (tertiary/aromatic N) is 3. The molecule has 0 spiro atoms. The Morgan fingerprint density at radius 2 is 2.07 bits per heavy atom. The first-order chi connectivity index (χ1) is 13.6. The number of carbonyl (C=O) groups excluding carboxylic acids is 2. The minimum Gasteiger partial charge on any atom is -0.351 e. The fraction of sp³-hybridized carbons (Fsp3) is 0.450. The molecule has 1 fully saturated rings. The SMILES string of the molecule is CSc1cccc(NC(=O)N2CCC(c3cc4n(n3)CCCNC4=O)CC2)c1. The highest BCUT2D eigenvalue weighted by atomic mass is 32.2. The molecule has 4 rings (SSSR count). The Morgan fingerprint density at radius 3 is 2.86 bits per heavy atom. The molecule has 8 heteroatoms. The zero-order valence-corrected chi connectivity index (χ0v) is 16.8. The van der Waals surface area contributed by atoms with Crippen LogP contribution in [0.5, 0.6) is 0 Å². The van der Waals surface area contributed by atoms with Crippen LogP contribution in [0.4, 0.5) is 10.5 Å². The van der Waals surface area contributed by atoms with E-state index in [-0.39, 0.29) is 17.9 Å². The van der Waals surface area contributed by atoms with Crippen molar-refractivity contribution in [1.29, 1.82) is 0 Å². The molecule has 2 aromatic rings. The lowest BCUT2D eigenvalue weighted by molar-refractivity contribution is 0.0950. The molecule has 3 amide bonds. The topological polar surface area (TPSA) is 79.3 Å². The second-order valence-electron chi connectivity index (χ2n) is 7.21. The molecule has 148 valence electrons. The Kier molecular flexibility index (Phi) is 5.57. The second-order valence-corrected chi connectivity index (χ2v) is 8.09. The maximum absolute atomic E-state index is 12.6. The van der Waals surface area contributed by atoms with Gasteiger partial charge in [0.25, 0.3) is 5.91 Å². The van der Waals surface area contributed by atoms with E-state index < -0.39 is 0 Å². The minimum absolute atomic E-state index is 0.0412. The van der Waals surface area contributed by atoms with E-state index in [1.807, 2.05) is 46.2 Å². The number of piperidine rings is 1. The number of anilines is 1. The molecule has 2 aliphatic rings. The number of hydrogen-bond donors (Lipinski definition) is 2. The highest BCUT2D eigenvalue weighted by Gasteiger charge is 2.27. The first-order valence-corrected chi connectivity index (χ1v) is 10.9. The van der Waals surface area contributed by atoms with Gasteiger partial charge in [-0.2, -0.15) is 5.10 Å². The molecule has 1 aromatic heterocycles. The molecule has 0 aliphatic carbocycles. The lowest BCUT2D eigenvalue weighted by atomic mass is 9.93. The number of aryl methyl sites for hydroxylation is 1. The van der Waals surface area contributed by atoms with E-state index in [0.29, 0.717) is 25.3 Å². The summed E-state index contributed by atoms with van der Waals surface area (Å²) in [5.41, 5.74) is 2.45. The zero-order chi connectivity index (χ0) is 19.5. The van der Waals surface area contributed by atoms with E-state index >= 15 is 0 Å². The van der Waals surface area contributed by atoms with E-state index in [4.69, 9.17) is 0 Å². The van der Waals surface area contributed by atoms with Crippen molar-refractivity contribution in [2.75, 3.05) is 31.2 Å². The largest absolute Gasteiger partial charge is 0.351 e. The fourth-order valence-electron chi connectivity index (χ4n) is 3.79. The van der Waals surface area contributed by atoms with Crippen molar-refractivity contribution in [1.82, 2.24) is 20.0 Å². The van der Waals surface area contributed by atoms with Gasteiger partial charge in [0.1, 0.15) is 5.69 Å². The fourth-order valence-corrected chi connectivity index (χ4v) is 4.25. The van der Waals surface area contributed by atoms with Gasteiger partial charge >= 0.3 is 6.03 Å². The van der Waals surface area contributed by atoms with Crippen LogP contribution in [0.15, 0.2) is 35.2 Å². The first kappa shape index (κ1) is 18.9. The van der Waals surface area contributed by atoms with Crippen molar-refractivity contribution in [2.45, 2.75) is 36.6 Å². The van der Waals surface area contributed by atoms with Crippen LogP contribution in [-0.2, 0) is 6.54 Å². The number of urea groups is 1. The molecule has 28 heavy (non-hydrogen) atoms. The quantitative estimate of drug-likeness (QED) is 0.777. The highest BCUT2D eigenvalue weighted by molar-refractivity contribution is 7.98. The number of amides is 3. The summed E-state index contributed by atoms with van der Waals surface area (Å²) in [6, 6.07) is 9.74. The molecule has 0 bridgehead atoms. The summed E-state index contributed by atoms with van der Waals surface area (Å²) in [7, 11) is 0. The van der Waals surface area contributed by atoms with E-state index in [1.165, 1.54) is 0 Å². The van der Waals surface area contributed by atoms with Crippen molar-refractivity contribution in [2.24, 2.45) is 0 Å². The number of aromatic nitrogens is 2. The van der Waals surface area contributed by atoms with Gasteiger partial charge in [0.2, 0.25) is 0 Å². The molecule has 1 aromatic carbocycles. The number of nitrogens with one attached hydrogen (secondary N) is 2. The molecule has 0 radical (unpaired) electrons. The number of hydrogen-bond acceptors (Lipinski definition) is 4. The van der Waals surface area contributed by atoms with Crippen LogP contribution in [0.3, 0.4) is 0 Å².